The second-order valence-electron chi connectivity index (χ2n) is 4.12. The molecular formula is C12H11IN4O. The molecule has 0 aromatic carbocycles. The van der Waals surface area contributed by atoms with E-state index in [4.69, 9.17) is 5.84 Å². The molecule has 0 radical (unpaired) electrons. The van der Waals surface area contributed by atoms with Gasteiger partial charge in [0.25, 0.3) is 5.91 Å². The van der Waals surface area contributed by atoms with Crippen molar-refractivity contribution in [3.8, 4) is 11.3 Å². The first-order valence-electron chi connectivity index (χ1n) is 5.56. The summed E-state index contributed by atoms with van der Waals surface area (Å²) in [7, 11) is 0. The molecule has 1 aliphatic heterocycles. The van der Waals surface area contributed by atoms with Gasteiger partial charge in [0.1, 0.15) is 0 Å². The minimum atomic E-state index is -0.0502. The highest BCUT2D eigenvalue weighted by atomic mass is 127. The summed E-state index contributed by atoms with van der Waals surface area (Å²) in [6.07, 6.45) is 4.27. The zero-order valence-corrected chi connectivity index (χ0v) is 11.6. The summed E-state index contributed by atoms with van der Waals surface area (Å²) >= 11 is 2.21. The number of nitrogens with zero attached hydrogens (tertiary/aromatic N) is 2. The van der Waals surface area contributed by atoms with Crippen LogP contribution in [-0.2, 0) is 6.42 Å². The summed E-state index contributed by atoms with van der Waals surface area (Å²) < 4.78 is 2.63. The lowest BCUT2D eigenvalue weighted by Gasteiger charge is -2.14. The van der Waals surface area contributed by atoms with Gasteiger partial charge >= 0.3 is 0 Å². The van der Waals surface area contributed by atoms with Crippen LogP contribution >= 0.6 is 22.6 Å². The molecule has 1 aliphatic rings. The van der Waals surface area contributed by atoms with Gasteiger partial charge in [-0.3, -0.25) is 14.5 Å². The van der Waals surface area contributed by atoms with Crippen molar-refractivity contribution >= 4 is 28.5 Å². The summed E-state index contributed by atoms with van der Waals surface area (Å²) in [5, 5.41) is 2.82. The van der Waals surface area contributed by atoms with Gasteiger partial charge in [-0.1, -0.05) is 0 Å². The molecule has 0 atom stereocenters. The van der Waals surface area contributed by atoms with E-state index < -0.39 is 0 Å². The second kappa shape index (κ2) is 4.27. The lowest BCUT2D eigenvalue weighted by atomic mass is 10.1. The molecule has 3 rings (SSSR count). The molecule has 3 N–H and O–H groups in total. The van der Waals surface area contributed by atoms with Crippen LogP contribution in [0.15, 0.2) is 24.5 Å². The molecule has 2 aromatic rings. The smallest absolute Gasteiger partial charge is 0.253 e. The van der Waals surface area contributed by atoms with E-state index in [2.05, 4.69) is 32.9 Å². The molecule has 0 saturated carbocycles. The number of fused-ring (bicyclic) bond motifs is 1. The first-order valence-corrected chi connectivity index (χ1v) is 6.64. The van der Waals surface area contributed by atoms with Gasteiger partial charge in [0.15, 0.2) is 0 Å². The molecule has 18 heavy (non-hydrogen) atoms. The van der Waals surface area contributed by atoms with Gasteiger partial charge < -0.3 is 11.2 Å². The minimum absolute atomic E-state index is 0.0502. The molecule has 0 spiro atoms. The molecular weight excluding hydrogens is 343 g/mol. The number of carbonyl (C=O) groups excluding carboxylic acids is 1. The number of hydrogen-bond donors (Lipinski definition) is 2. The number of nitrogen functional groups attached to an aromatic ring is 1. The van der Waals surface area contributed by atoms with Crippen LogP contribution < -0.4 is 11.2 Å². The maximum atomic E-state index is 11.8. The van der Waals surface area contributed by atoms with Crippen LogP contribution in [0.1, 0.15) is 16.1 Å². The molecule has 0 saturated heterocycles. The fourth-order valence-electron chi connectivity index (χ4n) is 2.20. The molecule has 0 aliphatic carbocycles. The summed E-state index contributed by atoms with van der Waals surface area (Å²) in [5.41, 5.74) is 3.41. The number of rotatable bonds is 1. The highest BCUT2D eigenvalue weighted by molar-refractivity contribution is 14.1. The van der Waals surface area contributed by atoms with Crippen molar-refractivity contribution in [1.29, 1.82) is 0 Å². The van der Waals surface area contributed by atoms with Gasteiger partial charge in [0, 0.05) is 34.5 Å². The fourth-order valence-corrected chi connectivity index (χ4v) is 2.81. The standard InChI is InChI=1S/C12H11IN4O/c13-9-6-15-3-1-7(9)11-5-8-10(17(11)14)2-4-16-12(8)18/h1,3,5-6H,2,4,14H2,(H,16,18). The van der Waals surface area contributed by atoms with Gasteiger partial charge in [0.05, 0.1) is 17.0 Å². The number of hydrogen-bond acceptors (Lipinski definition) is 3. The summed E-state index contributed by atoms with van der Waals surface area (Å²) in [6.45, 7) is 0.639. The van der Waals surface area contributed by atoms with Crippen molar-refractivity contribution in [2.45, 2.75) is 6.42 Å². The fraction of sp³-hybridized carbons (Fsp3) is 0.167. The number of halogens is 1. The summed E-state index contributed by atoms with van der Waals surface area (Å²) in [5.74, 6) is 6.05. The highest BCUT2D eigenvalue weighted by Gasteiger charge is 2.23. The Labute approximate surface area is 117 Å². The first-order chi connectivity index (χ1) is 8.68. The Morgan fingerprint density at radius 2 is 2.28 bits per heavy atom. The molecule has 2 aromatic heterocycles. The van der Waals surface area contributed by atoms with Crippen LogP contribution in [0, 0.1) is 3.57 Å². The van der Waals surface area contributed by atoms with Gasteiger partial charge in [-0.2, -0.15) is 0 Å². The third-order valence-corrected chi connectivity index (χ3v) is 3.94. The van der Waals surface area contributed by atoms with Crippen LogP contribution in [0.3, 0.4) is 0 Å². The van der Waals surface area contributed by atoms with Crippen LogP contribution in [-0.4, -0.2) is 22.1 Å². The third kappa shape index (κ3) is 1.67. The zero-order valence-electron chi connectivity index (χ0n) is 9.48. The van der Waals surface area contributed by atoms with Crippen LogP contribution in [0.25, 0.3) is 11.3 Å². The van der Waals surface area contributed by atoms with Gasteiger partial charge in [0.2, 0.25) is 0 Å². The molecule has 1 amide bonds. The molecule has 0 fully saturated rings. The average molecular weight is 354 g/mol. The monoisotopic (exact) mass is 354 g/mol. The zero-order chi connectivity index (χ0) is 12.7. The van der Waals surface area contributed by atoms with Gasteiger partial charge in [-0.15, -0.1) is 0 Å². The highest BCUT2D eigenvalue weighted by Crippen LogP contribution is 2.28. The largest absolute Gasteiger partial charge is 0.352 e. The normalized spacial score (nSPS) is 14.2. The second-order valence-corrected chi connectivity index (χ2v) is 5.28. The number of nitrogens with one attached hydrogen (secondary N) is 1. The number of amides is 1. The van der Waals surface area contributed by atoms with Crippen molar-refractivity contribution in [3.05, 3.63) is 39.4 Å². The molecule has 5 nitrogen and oxygen atoms in total. The molecule has 6 heteroatoms. The van der Waals surface area contributed by atoms with Crippen molar-refractivity contribution in [2.24, 2.45) is 0 Å². The van der Waals surface area contributed by atoms with E-state index in [9.17, 15) is 4.79 Å². The van der Waals surface area contributed by atoms with Crippen LogP contribution in [0.2, 0.25) is 0 Å². The molecule has 0 unspecified atom stereocenters. The number of pyridine rings is 1. The Kier molecular flexibility index (Phi) is 2.73. The number of aromatic nitrogens is 2. The molecule has 3 heterocycles. The number of carbonyl (C=O) groups is 1. The summed E-state index contributed by atoms with van der Waals surface area (Å²) in [6, 6.07) is 3.76. The van der Waals surface area contributed by atoms with E-state index in [0.717, 1.165) is 26.9 Å². The average Bonchev–Trinajstić information content (AvgIpc) is 2.70. The SMILES string of the molecule is Nn1c(-c2ccncc2I)cc2c1CCNC2=O. The Hall–Kier alpha value is -1.57. The van der Waals surface area contributed by atoms with Crippen molar-refractivity contribution in [1.82, 2.24) is 15.0 Å². The minimum Gasteiger partial charge on any atom is -0.352 e. The topological polar surface area (TPSA) is 72.9 Å². The van der Waals surface area contributed by atoms with Gasteiger partial charge in [-0.25, -0.2) is 0 Å². The maximum Gasteiger partial charge on any atom is 0.253 e. The maximum absolute atomic E-state index is 11.8. The quantitative estimate of drug-likeness (QED) is 0.596. The van der Waals surface area contributed by atoms with Crippen molar-refractivity contribution < 1.29 is 4.79 Å². The number of nitrogens with two attached hydrogens (primary N) is 1. The van der Waals surface area contributed by atoms with Crippen molar-refractivity contribution in [2.75, 3.05) is 12.4 Å². The van der Waals surface area contributed by atoms with E-state index in [-0.39, 0.29) is 5.91 Å². The van der Waals surface area contributed by atoms with Crippen LogP contribution in [0.5, 0.6) is 0 Å². The summed E-state index contributed by atoms with van der Waals surface area (Å²) in [4.78, 5) is 15.8. The predicted molar refractivity (Wildman–Crippen MR) is 76.6 cm³/mol. The van der Waals surface area contributed by atoms with E-state index in [1.807, 2.05) is 12.1 Å². The third-order valence-electron chi connectivity index (χ3n) is 3.08. The van der Waals surface area contributed by atoms with Crippen molar-refractivity contribution in [3.63, 3.8) is 0 Å². The van der Waals surface area contributed by atoms with Crippen LogP contribution in [0.4, 0.5) is 0 Å². The Bertz CT molecular complexity index is 635. The van der Waals surface area contributed by atoms with E-state index in [1.54, 1.807) is 17.1 Å². The Balaban J connectivity index is 2.20. The predicted octanol–water partition coefficient (Wildman–Crippen LogP) is 1.15. The molecule has 92 valence electrons. The van der Waals surface area contributed by atoms with E-state index >= 15 is 0 Å². The lowest BCUT2D eigenvalue weighted by Crippen LogP contribution is -2.33. The lowest BCUT2D eigenvalue weighted by molar-refractivity contribution is 0.0945. The Morgan fingerprint density at radius 3 is 3.00 bits per heavy atom. The van der Waals surface area contributed by atoms with E-state index in [1.165, 1.54) is 0 Å². The van der Waals surface area contributed by atoms with Gasteiger partial charge in [-0.05, 0) is 34.7 Å². The van der Waals surface area contributed by atoms with E-state index in [0.29, 0.717) is 12.1 Å². The first kappa shape index (κ1) is 11.5. The molecule has 0 bridgehead atoms. The Morgan fingerprint density at radius 1 is 1.44 bits per heavy atom.